The number of nitrogens with zero attached hydrogens (tertiary/aromatic N) is 1. The summed E-state index contributed by atoms with van der Waals surface area (Å²) in [6.07, 6.45) is 2.23. The van der Waals surface area contributed by atoms with E-state index in [0.29, 0.717) is 0 Å². The Morgan fingerprint density at radius 3 is 2.67 bits per heavy atom. The third kappa shape index (κ3) is 2.05. The van der Waals surface area contributed by atoms with Crippen LogP contribution in [0.15, 0.2) is 0 Å². The molecular weight excluding hydrogens is 168 g/mol. The molecule has 0 saturated carbocycles. The van der Waals surface area contributed by atoms with Crippen molar-refractivity contribution in [2.24, 2.45) is 5.73 Å². The fraction of sp³-hybridized carbons (Fsp3) is 0.667. The second kappa shape index (κ2) is 4.01. The molecule has 1 heterocycles. The third-order valence-corrected chi connectivity index (χ3v) is 3.00. The lowest BCUT2D eigenvalue weighted by Crippen LogP contribution is -2.04. The molecule has 0 aliphatic rings. The van der Waals surface area contributed by atoms with Gasteiger partial charge in [-0.1, -0.05) is 13.3 Å². The summed E-state index contributed by atoms with van der Waals surface area (Å²) >= 11 is 1.73. The van der Waals surface area contributed by atoms with E-state index in [4.69, 9.17) is 5.73 Å². The minimum Gasteiger partial charge on any atom is -0.322 e. The third-order valence-electron chi connectivity index (χ3n) is 1.79. The number of aryl methyl sites for hydroxylation is 2. The predicted molar refractivity (Wildman–Crippen MR) is 53.4 cm³/mol. The minimum atomic E-state index is 0.0827. The Kier molecular flexibility index (Phi) is 3.23. The molecule has 1 atom stereocenters. The van der Waals surface area contributed by atoms with E-state index >= 15 is 0 Å². The monoisotopic (exact) mass is 184 g/mol. The van der Waals surface area contributed by atoms with Crippen LogP contribution in [0.1, 0.15) is 41.9 Å². The number of rotatable bonds is 3. The molecule has 0 radical (unpaired) electrons. The zero-order valence-electron chi connectivity index (χ0n) is 7.92. The number of thiazole rings is 1. The highest BCUT2D eigenvalue weighted by atomic mass is 32.1. The molecule has 0 aliphatic heterocycles. The van der Waals surface area contributed by atoms with Gasteiger partial charge in [-0.05, 0) is 20.3 Å². The minimum absolute atomic E-state index is 0.0827. The van der Waals surface area contributed by atoms with Crippen LogP contribution in [0.4, 0.5) is 0 Å². The van der Waals surface area contributed by atoms with Crippen molar-refractivity contribution < 1.29 is 0 Å². The molecule has 1 aromatic rings. The van der Waals surface area contributed by atoms with Crippen LogP contribution in [0, 0.1) is 6.92 Å². The Hall–Kier alpha value is -0.410. The van der Waals surface area contributed by atoms with E-state index in [1.807, 2.05) is 6.92 Å². The normalized spacial score (nSPS) is 13.3. The first-order valence-corrected chi connectivity index (χ1v) is 5.18. The number of nitrogens with two attached hydrogens (primary N) is 1. The Balaban J connectivity index is 2.85. The van der Waals surface area contributed by atoms with Crippen molar-refractivity contribution in [3.8, 4) is 0 Å². The van der Waals surface area contributed by atoms with Crippen molar-refractivity contribution >= 4 is 11.3 Å². The van der Waals surface area contributed by atoms with E-state index in [2.05, 4.69) is 18.8 Å². The predicted octanol–water partition coefficient (Wildman–Crippen LogP) is 2.42. The van der Waals surface area contributed by atoms with E-state index in [9.17, 15) is 0 Å². The summed E-state index contributed by atoms with van der Waals surface area (Å²) in [6, 6.07) is 0.0827. The van der Waals surface area contributed by atoms with Crippen molar-refractivity contribution in [3.05, 3.63) is 15.6 Å². The first kappa shape index (κ1) is 9.68. The Morgan fingerprint density at radius 1 is 1.58 bits per heavy atom. The molecule has 0 spiro atoms. The molecule has 0 aliphatic carbocycles. The topological polar surface area (TPSA) is 38.9 Å². The van der Waals surface area contributed by atoms with Gasteiger partial charge >= 0.3 is 0 Å². The molecule has 1 unspecified atom stereocenters. The summed E-state index contributed by atoms with van der Waals surface area (Å²) in [6.45, 7) is 6.27. The van der Waals surface area contributed by atoms with Gasteiger partial charge in [-0.25, -0.2) is 4.98 Å². The van der Waals surface area contributed by atoms with Gasteiger partial charge < -0.3 is 5.73 Å². The highest BCUT2D eigenvalue weighted by Crippen LogP contribution is 2.22. The SMILES string of the molecule is CCCc1nc(C(C)N)sc1C. The largest absolute Gasteiger partial charge is 0.322 e. The fourth-order valence-corrected chi connectivity index (χ4v) is 2.03. The summed E-state index contributed by atoms with van der Waals surface area (Å²) in [5.74, 6) is 0. The molecule has 0 fully saturated rings. The lowest BCUT2D eigenvalue weighted by Gasteiger charge is -1.96. The molecule has 68 valence electrons. The summed E-state index contributed by atoms with van der Waals surface area (Å²) in [5.41, 5.74) is 6.97. The maximum atomic E-state index is 5.74. The van der Waals surface area contributed by atoms with Gasteiger partial charge in [0.15, 0.2) is 0 Å². The second-order valence-electron chi connectivity index (χ2n) is 3.09. The van der Waals surface area contributed by atoms with Gasteiger partial charge in [0.25, 0.3) is 0 Å². The lowest BCUT2D eigenvalue weighted by atomic mass is 10.2. The van der Waals surface area contributed by atoms with Crippen molar-refractivity contribution in [2.45, 2.75) is 39.7 Å². The second-order valence-corrected chi connectivity index (χ2v) is 4.33. The quantitative estimate of drug-likeness (QED) is 0.783. The zero-order valence-corrected chi connectivity index (χ0v) is 8.74. The molecule has 2 N–H and O–H groups in total. The van der Waals surface area contributed by atoms with E-state index in [-0.39, 0.29) is 6.04 Å². The fourth-order valence-electron chi connectivity index (χ4n) is 1.11. The van der Waals surface area contributed by atoms with Crippen LogP contribution in [0.3, 0.4) is 0 Å². The number of hydrogen-bond acceptors (Lipinski definition) is 3. The van der Waals surface area contributed by atoms with Crippen LogP contribution in [-0.2, 0) is 6.42 Å². The summed E-state index contributed by atoms with van der Waals surface area (Å²) < 4.78 is 0. The smallest absolute Gasteiger partial charge is 0.110 e. The average molecular weight is 184 g/mol. The number of hydrogen-bond donors (Lipinski definition) is 1. The molecule has 0 amide bonds. The van der Waals surface area contributed by atoms with Crippen LogP contribution in [0.2, 0.25) is 0 Å². The summed E-state index contributed by atoms with van der Waals surface area (Å²) in [4.78, 5) is 5.82. The molecule has 1 rings (SSSR count). The van der Waals surface area contributed by atoms with Gasteiger partial charge in [0.2, 0.25) is 0 Å². The lowest BCUT2D eigenvalue weighted by molar-refractivity contribution is 0.788. The van der Waals surface area contributed by atoms with E-state index in [1.54, 1.807) is 11.3 Å². The average Bonchev–Trinajstić information content (AvgIpc) is 2.34. The molecule has 0 bridgehead atoms. The number of aromatic nitrogens is 1. The van der Waals surface area contributed by atoms with E-state index in [1.165, 1.54) is 10.6 Å². The van der Waals surface area contributed by atoms with E-state index in [0.717, 1.165) is 17.8 Å². The van der Waals surface area contributed by atoms with Crippen LogP contribution < -0.4 is 5.73 Å². The van der Waals surface area contributed by atoms with Crippen molar-refractivity contribution in [2.75, 3.05) is 0 Å². The summed E-state index contributed by atoms with van der Waals surface area (Å²) in [5, 5.41) is 1.07. The van der Waals surface area contributed by atoms with Crippen LogP contribution in [-0.4, -0.2) is 4.98 Å². The van der Waals surface area contributed by atoms with Gasteiger partial charge in [0.05, 0.1) is 11.7 Å². The van der Waals surface area contributed by atoms with Crippen LogP contribution in [0.25, 0.3) is 0 Å². The van der Waals surface area contributed by atoms with Crippen LogP contribution >= 0.6 is 11.3 Å². The van der Waals surface area contributed by atoms with Crippen LogP contribution in [0.5, 0.6) is 0 Å². The molecule has 0 saturated heterocycles. The zero-order chi connectivity index (χ0) is 9.14. The van der Waals surface area contributed by atoms with Crippen molar-refractivity contribution in [3.63, 3.8) is 0 Å². The van der Waals surface area contributed by atoms with Gasteiger partial charge in [-0.3, -0.25) is 0 Å². The van der Waals surface area contributed by atoms with Gasteiger partial charge in [0, 0.05) is 4.88 Å². The van der Waals surface area contributed by atoms with Gasteiger partial charge in [-0.2, -0.15) is 0 Å². The molecule has 2 nitrogen and oxygen atoms in total. The summed E-state index contributed by atoms with van der Waals surface area (Å²) in [7, 11) is 0. The molecule has 1 aromatic heterocycles. The Morgan fingerprint density at radius 2 is 2.25 bits per heavy atom. The van der Waals surface area contributed by atoms with Gasteiger partial charge in [0.1, 0.15) is 5.01 Å². The maximum Gasteiger partial charge on any atom is 0.110 e. The van der Waals surface area contributed by atoms with Crippen molar-refractivity contribution in [1.29, 1.82) is 0 Å². The Bertz CT molecular complexity index is 253. The molecular formula is C9H16N2S. The van der Waals surface area contributed by atoms with Gasteiger partial charge in [-0.15, -0.1) is 11.3 Å². The first-order chi connectivity index (χ1) is 5.65. The van der Waals surface area contributed by atoms with E-state index < -0.39 is 0 Å². The highest BCUT2D eigenvalue weighted by molar-refractivity contribution is 7.11. The molecule has 0 aromatic carbocycles. The molecule has 3 heteroatoms. The molecule has 12 heavy (non-hydrogen) atoms. The Labute approximate surface area is 77.8 Å². The first-order valence-electron chi connectivity index (χ1n) is 4.37. The maximum absolute atomic E-state index is 5.74. The highest BCUT2D eigenvalue weighted by Gasteiger charge is 2.09. The standard InChI is InChI=1S/C9H16N2S/c1-4-5-8-7(3)12-9(11-8)6(2)10/h6H,4-5,10H2,1-3H3. The van der Waals surface area contributed by atoms with Crippen molar-refractivity contribution in [1.82, 2.24) is 4.98 Å².